The van der Waals surface area contributed by atoms with Gasteiger partial charge in [-0.1, -0.05) is 26.7 Å². The Labute approximate surface area is 107 Å². The van der Waals surface area contributed by atoms with Crippen LogP contribution < -0.4 is 5.73 Å². The average Bonchev–Trinajstić information content (AvgIpc) is 2.29. The van der Waals surface area contributed by atoms with E-state index in [-0.39, 0.29) is 13.1 Å². The highest BCUT2D eigenvalue weighted by molar-refractivity contribution is 5.79. The summed E-state index contributed by atoms with van der Waals surface area (Å²) in [6.07, 6.45) is -1.75. The summed E-state index contributed by atoms with van der Waals surface area (Å²) < 4.78 is 37.3. The molecule has 1 amide bonds. The quantitative estimate of drug-likeness (QED) is 0.735. The molecular weight excluding hydrogens is 245 g/mol. The van der Waals surface area contributed by atoms with E-state index in [2.05, 4.69) is 0 Å². The first kappa shape index (κ1) is 17.2. The molecule has 1 atom stereocenters. The van der Waals surface area contributed by atoms with Gasteiger partial charge in [0.15, 0.2) is 0 Å². The van der Waals surface area contributed by atoms with Gasteiger partial charge in [0.25, 0.3) is 0 Å². The van der Waals surface area contributed by atoms with Gasteiger partial charge in [0, 0.05) is 13.1 Å². The van der Waals surface area contributed by atoms with Crippen molar-refractivity contribution in [3.05, 3.63) is 0 Å². The molecule has 0 saturated carbocycles. The summed E-state index contributed by atoms with van der Waals surface area (Å²) in [6.45, 7) is 2.84. The van der Waals surface area contributed by atoms with Crippen molar-refractivity contribution < 1.29 is 18.0 Å². The van der Waals surface area contributed by atoms with Crippen LogP contribution in [-0.2, 0) is 4.79 Å². The second-order valence-corrected chi connectivity index (χ2v) is 4.45. The second kappa shape index (κ2) is 8.34. The van der Waals surface area contributed by atoms with Crippen molar-refractivity contribution >= 4 is 5.91 Å². The molecule has 0 aliphatic rings. The van der Waals surface area contributed by atoms with Crippen LogP contribution in [0.5, 0.6) is 0 Å². The van der Waals surface area contributed by atoms with Crippen molar-refractivity contribution in [2.24, 2.45) is 11.7 Å². The Kier molecular flexibility index (Phi) is 7.98. The van der Waals surface area contributed by atoms with Crippen LogP contribution in [0.3, 0.4) is 0 Å². The molecule has 108 valence electrons. The summed E-state index contributed by atoms with van der Waals surface area (Å²) >= 11 is 0. The second-order valence-electron chi connectivity index (χ2n) is 4.45. The molecule has 6 heteroatoms. The molecule has 0 aromatic carbocycles. The number of alkyl halides is 3. The van der Waals surface area contributed by atoms with Crippen LogP contribution >= 0.6 is 0 Å². The molecule has 0 aromatic rings. The van der Waals surface area contributed by atoms with Crippen LogP contribution in [-0.4, -0.2) is 36.6 Å². The number of hydrogen-bond acceptors (Lipinski definition) is 2. The lowest BCUT2D eigenvalue weighted by Gasteiger charge is -2.27. The highest BCUT2D eigenvalue weighted by Gasteiger charge is 2.34. The van der Waals surface area contributed by atoms with Crippen LogP contribution in [0.25, 0.3) is 0 Å². The normalized spacial score (nSPS) is 13.4. The summed E-state index contributed by atoms with van der Waals surface area (Å²) in [7, 11) is 0. The molecule has 1 unspecified atom stereocenters. The van der Waals surface area contributed by atoms with Crippen molar-refractivity contribution in [1.29, 1.82) is 0 Å². The fraction of sp³-hybridized carbons (Fsp3) is 0.917. The number of nitrogens with two attached hydrogens (primary N) is 1. The summed E-state index contributed by atoms with van der Waals surface area (Å²) in [5, 5.41) is 0. The Bertz CT molecular complexity index is 244. The third-order valence-electron chi connectivity index (χ3n) is 2.73. The molecule has 3 nitrogen and oxygen atoms in total. The van der Waals surface area contributed by atoms with Gasteiger partial charge >= 0.3 is 6.18 Å². The minimum atomic E-state index is -4.35. The van der Waals surface area contributed by atoms with E-state index in [0.717, 1.165) is 17.7 Å². The summed E-state index contributed by atoms with van der Waals surface area (Å²) in [6, 6.07) is 0. The van der Waals surface area contributed by atoms with Gasteiger partial charge in [-0.15, -0.1) is 0 Å². The lowest BCUT2D eigenvalue weighted by molar-refractivity contribution is -0.163. The molecule has 0 heterocycles. The molecule has 0 spiro atoms. The molecule has 0 aliphatic heterocycles. The lowest BCUT2D eigenvalue weighted by Crippen LogP contribution is -2.44. The molecule has 0 aliphatic carbocycles. The molecular formula is C12H23F3N2O. The Morgan fingerprint density at radius 2 is 1.89 bits per heavy atom. The van der Waals surface area contributed by atoms with E-state index in [1.165, 1.54) is 0 Å². The van der Waals surface area contributed by atoms with Crippen molar-refractivity contribution in [1.82, 2.24) is 4.90 Å². The predicted octanol–water partition coefficient (Wildman–Crippen LogP) is 2.55. The van der Waals surface area contributed by atoms with Crippen LogP contribution in [0.2, 0.25) is 0 Å². The number of rotatable bonds is 8. The SMILES string of the molecule is CCCCN(CC(F)(F)F)C(=O)C(CN)CCC. The molecule has 18 heavy (non-hydrogen) atoms. The summed E-state index contributed by atoms with van der Waals surface area (Å²) in [5.41, 5.74) is 5.46. The first-order valence-electron chi connectivity index (χ1n) is 6.41. The van der Waals surface area contributed by atoms with Gasteiger partial charge in [-0.3, -0.25) is 4.79 Å². The fourth-order valence-electron chi connectivity index (χ4n) is 1.78. The van der Waals surface area contributed by atoms with Crippen molar-refractivity contribution in [3.8, 4) is 0 Å². The molecule has 0 rings (SSSR count). The predicted molar refractivity (Wildman–Crippen MR) is 65.0 cm³/mol. The third kappa shape index (κ3) is 6.83. The van der Waals surface area contributed by atoms with E-state index in [0.29, 0.717) is 12.8 Å². The minimum Gasteiger partial charge on any atom is -0.333 e. The molecule has 0 radical (unpaired) electrons. The first-order valence-corrected chi connectivity index (χ1v) is 6.41. The van der Waals surface area contributed by atoms with Crippen LogP contribution in [0.15, 0.2) is 0 Å². The van der Waals surface area contributed by atoms with Gasteiger partial charge in [-0.25, -0.2) is 0 Å². The van der Waals surface area contributed by atoms with Crippen LogP contribution in [0.4, 0.5) is 13.2 Å². The molecule has 0 bridgehead atoms. The van der Waals surface area contributed by atoms with E-state index in [9.17, 15) is 18.0 Å². The number of carbonyl (C=O) groups is 1. The molecule has 0 aromatic heterocycles. The fourth-order valence-corrected chi connectivity index (χ4v) is 1.78. The Morgan fingerprint density at radius 3 is 2.28 bits per heavy atom. The highest BCUT2D eigenvalue weighted by Crippen LogP contribution is 2.19. The third-order valence-corrected chi connectivity index (χ3v) is 2.73. The van der Waals surface area contributed by atoms with E-state index in [1.54, 1.807) is 0 Å². The summed E-state index contributed by atoms with van der Waals surface area (Å²) in [4.78, 5) is 12.9. The van der Waals surface area contributed by atoms with Gasteiger partial charge in [-0.05, 0) is 12.8 Å². The molecule has 0 fully saturated rings. The maximum absolute atomic E-state index is 12.4. The zero-order valence-electron chi connectivity index (χ0n) is 11.1. The molecule has 0 saturated heterocycles. The number of nitrogens with zero attached hydrogens (tertiary/aromatic N) is 1. The monoisotopic (exact) mass is 268 g/mol. The van der Waals surface area contributed by atoms with Crippen molar-refractivity contribution in [2.75, 3.05) is 19.6 Å². The number of halogens is 3. The topological polar surface area (TPSA) is 46.3 Å². The maximum Gasteiger partial charge on any atom is 0.406 e. The van der Waals surface area contributed by atoms with E-state index < -0.39 is 24.5 Å². The average molecular weight is 268 g/mol. The number of unbranched alkanes of at least 4 members (excludes halogenated alkanes) is 1. The largest absolute Gasteiger partial charge is 0.406 e. The zero-order chi connectivity index (χ0) is 14.2. The van der Waals surface area contributed by atoms with E-state index >= 15 is 0 Å². The Morgan fingerprint density at radius 1 is 1.28 bits per heavy atom. The number of amides is 1. The first-order chi connectivity index (χ1) is 8.35. The minimum absolute atomic E-state index is 0.104. The van der Waals surface area contributed by atoms with Gasteiger partial charge < -0.3 is 10.6 Å². The van der Waals surface area contributed by atoms with Gasteiger partial charge in [0.05, 0.1) is 5.92 Å². The van der Waals surface area contributed by atoms with Crippen molar-refractivity contribution in [3.63, 3.8) is 0 Å². The maximum atomic E-state index is 12.4. The van der Waals surface area contributed by atoms with Crippen LogP contribution in [0.1, 0.15) is 39.5 Å². The Balaban J connectivity index is 4.65. The number of hydrogen-bond donors (Lipinski definition) is 1. The van der Waals surface area contributed by atoms with E-state index in [4.69, 9.17) is 5.73 Å². The lowest BCUT2D eigenvalue weighted by atomic mass is 10.0. The smallest absolute Gasteiger partial charge is 0.333 e. The zero-order valence-corrected chi connectivity index (χ0v) is 11.1. The van der Waals surface area contributed by atoms with E-state index in [1.807, 2.05) is 13.8 Å². The molecule has 2 N–H and O–H groups in total. The standard InChI is InChI=1S/C12H23F3N2O/c1-3-5-7-17(9-12(13,14)15)11(18)10(8-16)6-4-2/h10H,3-9,16H2,1-2H3. The number of carbonyl (C=O) groups excluding carboxylic acids is 1. The van der Waals surface area contributed by atoms with Gasteiger partial charge in [-0.2, -0.15) is 13.2 Å². The Hall–Kier alpha value is -0.780. The van der Waals surface area contributed by atoms with Gasteiger partial charge in [0.2, 0.25) is 5.91 Å². The summed E-state index contributed by atoms with van der Waals surface area (Å²) in [5.74, 6) is -0.959. The van der Waals surface area contributed by atoms with Gasteiger partial charge in [0.1, 0.15) is 6.54 Å². The van der Waals surface area contributed by atoms with Crippen molar-refractivity contribution in [2.45, 2.75) is 45.7 Å². The van der Waals surface area contributed by atoms with Crippen LogP contribution in [0, 0.1) is 5.92 Å². The highest BCUT2D eigenvalue weighted by atomic mass is 19.4.